The van der Waals surface area contributed by atoms with Gasteiger partial charge in [0.1, 0.15) is 0 Å². The first kappa shape index (κ1) is 15.8. The second-order valence-corrected chi connectivity index (χ2v) is 6.44. The van der Waals surface area contributed by atoms with Crippen molar-refractivity contribution in [1.82, 2.24) is 4.90 Å². The van der Waals surface area contributed by atoms with Crippen LogP contribution in [0.2, 0.25) is 5.02 Å². The lowest BCUT2D eigenvalue weighted by atomic mass is 9.81. The molecule has 1 aromatic rings. The molecule has 0 aliphatic carbocycles. The Balaban J connectivity index is 2.02. The molecule has 1 fully saturated rings. The van der Waals surface area contributed by atoms with Crippen molar-refractivity contribution in [3.63, 3.8) is 0 Å². The van der Waals surface area contributed by atoms with Crippen LogP contribution in [-0.4, -0.2) is 38.3 Å². The van der Waals surface area contributed by atoms with Gasteiger partial charge in [-0.25, -0.2) is 0 Å². The summed E-state index contributed by atoms with van der Waals surface area (Å²) in [4.78, 5) is 2.37. The van der Waals surface area contributed by atoms with Crippen molar-refractivity contribution >= 4 is 11.6 Å². The van der Waals surface area contributed by atoms with Gasteiger partial charge in [0.05, 0.1) is 6.61 Å². The number of nitrogens with zero attached hydrogens (tertiary/aromatic N) is 1. The molecule has 1 saturated heterocycles. The summed E-state index contributed by atoms with van der Waals surface area (Å²) >= 11 is 5.95. The molecule has 0 spiro atoms. The number of rotatable bonds is 5. The van der Waals surface area contributed by atoms with Gasteiger partial charge in [0, 0.05) is 36.2 Å². The lowest BCUT2D eigenvalue weighted by Crippen LogP contribution is -2.47. The monoisotopic (exact) mass is 296 g/mol. The van der Waals surface area contributed by atoms with Crippen LogP contribution in [0.1, 0.15) is 31.4 Å². The van der Waals surface area contributed by atoms with Gasteiger partial charge in [-0.1, -0.05) is 23.7 Å². The summed E-state index contributed by atoms with van der Waals surface area (Å²) in [5.41, 5.74) is 7.40. The van der Waals surface area contributed by atoms with Crippen molar-refractivity contribution in [3.05, 3.63) is 34.9 Å². The summed E-state index contributed by atoms with van der Waals surface area (Å²) in [6, 6.07) is 8.43. The van der Waals surface area contributed by atoms with Crippen molar-refractivity contribution in [2.45, 2.75) is 25.8 Å². The molecule has 4 heteroatoms. The van der Waals surface area contributed by atoms with E-state index in [1.807, 2.05) is 12.1 Å². The SMILES string of the molecule is CC(c1ccc(Cl)cc1)N(C)CC1(CN)CCCOC1. The van der Waals surface area contributed by atoms with E-state index in [0.29, 0.717) is 12.6 Å². The highest BCUT2D eigenvalue weighted by Gasteiger charge is 2.33. The molecule has 2 rings (SSSR count). The molecule has 1 aromatic carbocycles. The van der Waals surface area contributed by atoms with Crippen molar-refractivity contribution in [2.75, 3.05) is 33.4 Å². The van der Waals surface area contributed by atoms with Crippen LogP contribution in [0.4, 0.5) is 0 Å². The van der Waals surface area contributed by atoms with E-state index in [9.17, 15) is 0 Å². The molecule has 2 unspecified atom stereocenters. The predicted octanol–water partition coefficient (Wildman–Crippen LogP) is 3.09. The average Bonchev–Trinajstić information content (AvgIpc) is 2.48. The smallest absolute Gasteiger partial charge is 0.0546 e. The average molecular weight is 297 g/mol. The Morgan fingerprint density at radius 2 is 2.10 bits per heavy atom. The quantitative estimate of drug-likeness (QED) is 0.907. The Hall–Kier alpha value is -0.610. The van der Waals surface area contributed by atoms with Crippen LogP contribution in [0, 0.1) is 5.41 Å². The molecular weight excluding hydrogens is 272 g/mol. The summed E-state index contributed by atoms with van der Waals surface area (Å²) < 4.78 is 5.65. The minimum Gasteiger partial charge on any atom is -0.381 e. The maximum Gasteiger partial charge on any atom is 0.0546 e. The molecule has 20 heavy (non-hydrogen) atoms. The molecule has 1 aliphatic heterocycles. The maximum atomic E-state index is 6.02. The topological polar surface area (TPSA) is 38.5 Å². The van der Waals surface area contributed by atoms with Gasteiger partial charge in [0.25, 0.3) is 0 Å². The summed E-state index contributed by atoms with van der Waals surface area (Å²) in [5, 5.41) is 0.780. The molecule has 0 radical (unpaired) electrons. The molecule has 0 saturated carbocycles. The second-order valence-electron chi connectivity index (χ2n) is 6.00. The number of nitrogens with two attached hydrogens (primary N) is 1. The third-order valence-corrected chi connectivity index (χ3v) is 4.69. The van der Waals surface area contributed by atoms with Gasteiger partial charge in [-0.2, -0.15) is 0 Å². The van der Waals surface area contributed by atoms with E-state index in [-0.39, 0.29) is 5.41 Å². The van der Waals surface area contributed by atoms with Gasteiger partial charge in [0.15, 0.2) is 0 Å². The highest BCUT2D eigenvalue weighted by atomic mass is 35.5. The molecule has 1 heterocycles. The number of hydrogen-bond acceptors (Lipinski definition) is 3. The number of hydrogen-bond donors (Lipinski definition) is 1. The first-order valence-electron chi connectivity index (χ1n) is 7.30. The number of benzene rings is 1. The fourth-order valence-corrected chi connectivity index (χ4v) is 3.05. The van der Waals surface area contributed by atoms with Crippen molar-refractivity contribution < 1.29 is 4.74 Å². The number of ether oxygens (including phenoxy) is 1. The first-order valence-corrected chi connectivity index (χ1v) is 7.68. The third-order valence-electron chi connectivity index (χ3n) is 4.44. The van der Waals surface area contributed by atoms with Gasteiger partial charge in [0.2, 0.25) is 0 Å². The molecule has 0 aromatic heterocycles. The zero-order chi connectivity index (χ0) is 14.6. The van der Waals surface area contributed by atoms with E-state index in [1.54, 1.807) is 0 Å². The minimum absolute atomic E-state index is 0.105. The lowest BCUT2D eigenvalue weighted by Gasteiger charge is -2.40. The zero-order valence-electron chi connectivity index (χ0n) is 12.4. The molecule has 0 amide bonds. The van der Waals surface area contributed by atoms with Crippen LogP contribution in [0.25, 0.3) is 0 Å². The molecule has 2 N–H and O–H groups in total. The van der Waals surface area contributed by atoms with E-state index >= 15 is 0 Å². The summed E-state index contributed by atoms with van der Waals surface area (Å²) in [7, 11) is 2.16. The molecule has 2 atom stereocenters. The highest BCUT2D eigenvalue weighted by molar-refractivity contribution is 6.30. The maximum absolute atomic E-state index is 6.02. The standard InChI is InChI=1S/C16H25ClN2O/c1-13(14-4-6-15(17)7-5-14)19(2)11-16(10-18)8-3-9-20-12-16/h4-7,13H,3,8-12,18H2,1-2H3. The Bertz CT molecular complexity index is 415. The molecule has 3 nitrogen and oxygen atoms in total. The van der Waals surface area contributed by atoms with Crippen LogP contribution in [0.5, 0.6) is 0 Å². The Morgan fingerprint density at radius 1 is 1.40 bits per heavy atom. The van der Waals surface area contributed by atoms with E-state index in [1.165, 1.54) is 5.56 Å². The molecule has 112 valence electrons. The Morgan fingerprint density at radius 3 is 2.65 bits per heavy atom. The van der Waals surface area contributed by atoms with Gasteiger partial charge < -0.3 is 10.5 Å². The third kappa shape index (κ3) is 3.73. The van der Waals surface area contributed by atoms with E-state index in [0.717, 1.165) is 37.6 Å². The van der Waals surface area contributed by atoms with Gasteiger partial charge >= 0.3 is 0 Å². The normalized spacial score (nSPS) is 24.9. The van der Waals surface area contributed by atoms with Gasteiger partial charge in [-0.05, 0) is 44.5 Å². The van der Waals surface area contributed by atoms with E-state index in [4.69, 9.17) is 22.1 Å². The van der Waals surface area contributed by atoms with Crippen molar-refractivity contribution in [2.24, 2.45) is 11.1 Å². The molecule has 1 aliphatic rings. The Labute approximate surface area is 127 Å². The fourth-order valence-electron chi connectivity index (χ4n) is 2.92. The van der Waals surface area contributed by atoms with Crippen LogP contribution >= 0.6 is 11.6 Å². The van der Waals surface area contributed by atoms with Crippen molar-refractivity contribution in [3.8, 4) is 0 Å². The Kier molecular flexibility index (Phi) is 5.44. The van der Waals surface area contributed by atoms with Crippen LogP contribution in [0.15, 0.2) is 24.3 Å². The van der Waals surface area contributed by atoms with Crippen LogP contribution in [0.3, 0.4) is 0 Å². The second kappa shape index (κ2) is 6.90. The summed E-state index contributed by atoms with van der Waals surface area (Å²) in [6.45, 7) is 5.52. The lowest BCUT2D eigenvalue weighted by molar-refractivity contribution is -0.0231. The zero-order valence-corrected chi connectivity index (χ0v) is 13.2. The van der Waals surface area contributed by atoms with E-state index < -0.39 is 0 Å². The fraction of sp³-hybridized carbons (Fsp3) is 0.625. The van der Waals surface area contributed by atoms with Crippen molar-refractivity contribution in [1.29, 1.82) is 0 Å². The number of halogens is 1. The van der Waals surface area contributed by atoms with Crippen LogP contribution < -0.4 is 5.73 Å². The highest BCUT2D eigenvalue weighted by Crippen LogP contribution is 2.31. The summed E-state index contributed by atoms with van der Waals surface area (Å²) in [5.74, 6) is 0. The van der Waals surface area contributed by atoms with Crippen LogP contribution in [-0.2, 0) is 4.74 Å². The minimum atomic E-state index is 0.105. The van der Waals surface area contributed by atoms with Gasteiger partial charge in [-0.3, -0.25) is 4.90 Å². The molecule has 0 bridgehead atoms. The van der Waals surface area contributed by atoms with Gasteiger partial charge in [-0.15, -0.1) is 0 Å². The predicted molar refractivity (Wildman–Crippen MR) is 84.0 cm³/mol. The summed E-state index contributed by atoms with van der Waals surface area (Å²) in [6.07, 6.45) is 2.27. The molecular formula is C16H25ClN2O. The van der Waals surface area contributed by atoms with E-state index in [2.05, 4.69) is 31.0 Å². The first-order chi connectivity index (χ1) is 9.56. The largest absolute Gasteiger partial charge is 0.381 e.